The van der Waals surface area contributed by atoms with E-state index in [0.717, 1.165) is 49.1 Å². The molecule has 3 N–H and O–H groups in total. The lowest BCUT2D eigenvalue weighted by Gasteiger charge is -2.33. The molecule has 1 heterocycles. The first-order chi connectivity index (χ1) is 12.6. The molecule has 1 aromatic carbocycles. The number of ether oxygens (including phenoxy) is 1. The lowest BCUT2D eigenvalue weighted by Crippen LogP contribution is -2.55. The molecule has 0 saturated heterocycles. The molecule has 3 rings (SSSR count). The second-order valence-corrected chi connectivity index (χ2v) is 7.09. The zero-order valence-electron chi connectivity index (χ0n) is 15.3. The predicted molar refractivity (Wildman–Crippen MR) is 102 cm³/mol. The molecule has 26 heavy (non-hydrogen) atoms. The molecule has 5 heteroatoms. The number of hydrogen-bond donors (Lipinski definition) is 2. The minimum Gasteiger partial charge on any atom is -0.487 e. The zero-order chi connectivity index (χ0) is 18.4. The number of amides is 1. The van der Waals surface area contributed by atoms with Crippen LogP contribution in [0.4, 0.5) is 0 Å². The predicted octanol–water partition coefficient (Wildman–Crippen LogP) is 3.50. The number of hydrogen-bond acceptors (Lipinski definition) is 4. The molecule has 0 spiro atoms. The fraction of sp³-hybridized carbons (Fsp3) is 0.429. The van der Waals surface area contributed by atoms with Crippen LogP contribution in [0.1, 0.15) is 56.3 Å². The Kier molecular flexibility index (Phi) is 5.89. The van der Waals surface area contributed by atoms with E-state index in [1.165, 1.54) is 0 Å². The number of nitrogens with two attached hydrogens (primary N) is 1. The topological polar surface area (TPSA) is 77.2 Å². The Bertz CT molecular complexity index is 727. The maximum absolute atomic E-state index is 12.6. The van der Waals surface area contributed by atoms with E-state index in [4.69, 9.17) is 10.5 Å². The first-order valence-corrected chi connectivity index (χ1v) is 9.29. The maximum atomic E-state index is 12.6. The van der Waals surface area contributed by atoms with Crippen molar-refractivity contribution >= 4 is 5.91 Å². The summed E-state index contributed by atoms with van der Waals surface area (Å²) in [6, 6.07) is 13.4. The number of carbonyl (C=O) groups is 1. The van der Waals surface area contributed by atoms with E-state index in [1.807, 2.05) is 49.4 Å². The third-order valence-electron chi connectivity index (χ3n) is 5.02. The van der Waals surface area contributed by atoms with Crippen LogP contribution in [0.2, 0.25) is 0 Å². The van der Waals surface area contributed by atoms with Crippen molar-refractivity contribution in [2.45, 2.75) is 57.2 Å². The molecule has 5 nitrogen and oxygen atoms in total. The molecule has 0 radical (unpaired) electrons. The van der Waals surface area contributed by atoms with Crippen molar-refractivity contribution in [3.05, 3.63) is 59.9 Å². The van der Waals surface area contributed by atoms with Gasteiger partial charge in [0, 0.05) is 6.20 Å². The van der Waals surface area contributed by atoms with Gasteiger partial charge in [0.2, 0.25) is 5.91 Å². The number of nitrogens with zero attached hydrogens (tertiary/aromatic N) is 1. The Morgan fingerprint density at radius 3 is 2.77 bits per heavy atom. The zero-order valence-corrected chi connectivity index (χ0v) is 15.3. The minimum absolute atomic E-state index is 0.0514. The molecule has 0 bridgehead atoms. The van der Waals surface area contributed by atoms with E-state index in [2.05, 4.69) is 10.3 Å². The van der Waals surface area contributed by atoms with E-state index >= 15 is 0 Å². The summed E-state index contributed by atoms with van der Waals surface area (Å²) in [4.78, 5) is 16.9. The second kappa shape index (κ2) is 8.32. The van der Waals surface area contributed by atoms with Crippen molar-refractivity contribution in [3.8, 4) is 5.75 Å². The fourth-order valence-corrected chi connectivity index (χ4v) is 3.35. The van der Waals surface area contributed by atoms with Crippen molar-refractivity contribution in [1.29, 1.82) is 0 Å². The van der Waals surface area contributed by atoms with Crippen LogP contribution in [0.15, 0.2) is 48.7 Å². The Morgan fingerprint density at radius 1 is 1.23 bits per heavy atom. The summed E-state index contributed by atoms with van der Waals surface area (Å²) in [5, 5.41) is 3.08. The average Bonchev–Trinajstić information content (AvgIpc) is 2.68. The van der Waals surface area contributed by atoms with Gasteiger partial charge in [0.15, 0.2) is 0 Å². The van der Waals surface area contributed by atoms with E-state index in [9.17, 15) is 4.79 Å². The molecule has 2 aromatic rings. The minimum atomic E-state index is -0.723. The van der Waals surface area contributed by atoms with Gasteiger partial charge in [-0.05, 0) is 49.6 Å². The van der Waals surface area contributed by atoms with E-state index in [0.29, 0.717) is 6.61 Å². The number of aromatic nitrogens is 1. The Labute approximate surface area is 155 Å². The summed E-state index contributed by atoms with van der Waals surface area (Å²) in [5.74, 6) is 0.707. The van der Waals surface area contributed by atoms with Crippen LogP contribution in [0.3, 0.4) is 0 Å². The molecule has 1 saturated carbocycles. The Morgan fingerprint density at radius 2 is 2.04 bits per heavy atom. The van der Waals surface area contributed by atoms with Gasteiger partial charge in [0.05, 0.1) is 17.3 Å². The largest absolute Gasteiger partial charge is 0.487 e. The van der Waals surface area contributed by atoms with Crippen molar-refractivity contribution in [1.82, 2.24) is 10.3 Å². The summed E-state index contributed by atoms with van der Waals surface area (Å²) in [6.07, 6.45) is 6.49. The van der Waals surface area contributed by atoms with Crippen LogP contribution in [0.5, 0.6) is 5.75 Å². The normalized spacial score (nSPS) is 17.3. The van der Waals surface area contributed by atoms with Gasteiger partial charge in [-0.3, -0.25) is 9.78 Å². The van der Waals surface area contributed by atoms with Gasteiger partial charge in [-0.15, -0.1) is 0 Å². The molecule has 1 atom stereocenters. The third kappa shape index (κ3) is 4.61. The fourth-order valence-electron chi connectivity index (χ4n) is 3.35. The van der Waals surface area contributed by atoms with Crippen molar-refractivity contribution in [3.63, 3.8) is 0 Å². The van der Waals surface area contributed by atoms with Gasteiger partial charge in [-0.2, -0.15) is 0 Å². The molecular formula is C21H27N3O2. The van der Waals surface area contributed by atoms with E-state index in [1.54, 1.807) is 6.20 Å². The van der Waals surface area contributed by atoms with Crippen molar-refractivity contribution in [2.24, 2.45) is 5.73 Å². The Hall–Kier alpha value is -2.40. The van der Waals surface area contributed by atoms with Crippen LogP contribution in [-0.4, -0.2) is 16.4 Å². The SMILES string of the molecule is CC(NC(=O)C1(N)CCCCC1)c1cccc(OCc2ccccn2)c1. The summed E-state index contributed by atoms with van der Waals surface area (Å²) < 4.78 is 5.82. The number of benzene rings is 1. The average molecular weight is 353 g/mol. The van der Waals surface area contributed by atoms with Crippen molar-refractivity contribution in [2.75, 3.05) is 0 Å². The maximum Gasteiger partial charge on any atom is 0.240 e. The van der Waals surface area contributed by atoms with Crippen LogP contribution in [0, 0.1) is 0 Å². The molecule has 1 unspecified atom stereocenters. The van der Waals surface area contributed by atoms with Crippen LogP contribution >= 0.6 is 0 Å². The third-order valence-corrected chi connectivity index (χ3v) is 5.02. The summed E-state index contributed by atoms with van der Waals surface area (Å²) in [6.45, 7) is 2.39. The molecule has 1 aromatic heterocycles. The standard InChI is InChI=1S/C21H27N3O2/c1-16(24-20(25)21(22)11-4-2-5-12-21)17-8-7-10-19(14-17)26-15-18-9-3-6-13-23-18/h3,6-10,13-14,16H,2,4-5,11-12,15,22H2,1H3,(H,24,25). The lowest BCUT2D eigenvalue weighted by molar-refractivity contribution is -0.128. The quantitative estimate of drug-likeness (QED) is 0.833. The van der Waals surface area contributed by atoms with Crippen LogP contribution in [-0.2, 0) is 11.4 Å². The molecular weight excluding hydrogens is 326 g/mol. The van der Waals surface area contributed by atoms with Gasteiger partial charge in [-0.25, -0.2) is 0 Å². The summed E-state index contributed by atoms with van der Waals surface area (Å²) >= 11 is 0. The van der Waals surface area contributed by atoms with Gasteiger partial charge in [-0.1, -0.05) is 37.5 Å². The highest BCUT2D eigenvalue weighted by atomic mass is 16.5. The highest BCUT2D eigenvalue weighted by Crippen LogP contribution is 2.27. The van der Waals surface area contributed by atoms with Crippen molar-refractivity contribution < 1.29 is 9.53 Å². The molecule has 1 amide bonds. The number of pyridine rings is 1. The lowest BCUT2D eigenvalue weighted by atomic mass is 9.81. The monoisotopic (exact) mass is 353 g/mol. The number of nitrogens with one attached hydrogen (secondary N) is 1. The van der Waals surface area contributed by atoms with Gasteiger partial charge in [0.25, 0.3) is 0 Å². The highest BCUT2D eigenvalue weighted by Gasteiger charge is 2.35. The smallest absolute Gasteiger partial charge is 0.240 e. The highest BCUT2D eigenvalue weighted by molar-refractivity contribution is 5.86. The molecule has 1 aliphatic carbocycles. The first kappa shape index (κ1) is 18.4. The Balaban J connectivity index is 1.60. The summed E-state index contributed by atoms with van der Waals surface area (Å²) in [7, 11) is 0. The van der Waals surface area contributed by atoms with Gasteiger partial charge < -0.3 is 15.8 Å². The molecule has 138 valence electrons. The first-order valence-electron chi connectivity index (χ1n) is 9.29. The molecule has 0 aliphatic heterocycles. The summed E-state index contributed by atoms with van der Waals surface area (Å²) in [5.41, 5.74) is 7.48. The van der Waals surface area contributed by atoms with Gasteiger partial charge >= 0.3 is 0 Å². The molecule has 1 aliphatic rings. The van der Waals surface area contributed by atoms with E-state index < -0.39 is 5.54 Å². The van der Waals surface area contributed by atoms with Crippen LogP contribution in [0.25, 0.3) is 0 Å². The van der Waals surface area contributed by atoms with Crippen LogP contribution < -0.4 is 15.8 Å². The number of carbonyl (C=O) groups excluding carboxylic acids is 1. The van der Waals surface area contributed by atoms with E-state index in [-0.39, 0.29) is 11.9 Å². The number of rotatable bonds is 6. The second-order valence-electron chi connectivity index (χ2n) is 7.09. The van der Waals surface area contributed by atoms with Gasteiger partial charge in [0.1, 0.15) is 12.4 Å². The molecule has 1 fully saturated rings.